The van der Waals surface area contributed by atoms with Crippen LogP contribution < -0.4 is 0 Å². The number of fused-ring (bicyclic) bond motifs is 1. The Kier molecular flexibility index (Phi) is 28.4. The molecule has 0 saturated carbocycles. The molecule has 0 N–H and O–H groups in total. The van der Waals surface area contributed by atoms with Gasteiger partial charge in [0.2, 0.25) is 0 Å². The van der Waals surface area contributed by atoms with E-state index in [9.17, 15) is 0 Å². The van der Waals surface area contributed by atoms with Crippen molar-refractivity contribution in [3.8, 4) is 0 Å². The maximum atomic E-state index is 3.60. The van der Waals surface area contributed by atoms with Crippen LogP contribution in [-0.4, -0.2) is 23.9 Å². The molecule has 1 aromatic heterocycles. The average Bonchev–Trinajstić information content (AvgIpc) is 3.04. The van der Waals surface area contributed by atoms with E-state index in [1.165, 1.54) is 29.3 Å². The van der Waals surface area contributed by atoms with Crippen LogP contribution in [0.1, 0.15) is 59.3 Å². The minimum atomic E-state index is 0. The van der Waals surface area contributed by atoms with Crippen molar-refractivity contribution in [2.45, 2.75) is 59.3 Å². The first kappa shape index (κ1) is 26.9. The summed E-state index contributed by atoms with van der Waals surface area (Å²) in [4.78, 5) is 0. The van der Waals surface area contributed by atoms with Crippen molar-refractivity contribution in [2.24, 2.45) is 0 Å². The van der Waals surface area contributed by atoms with Gasteiger partial charge in [-0.3, -0.25) is 0 Å². The Balaban J connectivity index is -0.000000241. The third-order valence-corrected chi connectivity index (χ3v) is 3.19. The van der Waals surface area contributed by atoms with Gasteiger partial charge < -0.3 is 0 Å². The number of unbranched alkanes of at least 4 members (excludes halogenated alkanes) is 3. The van der Waals surface area contributed by atoms with Gasteiger partial charge in [-0.15, -0.1) is 11.3 Å². The number of rotatable bonds is 3. The molecular formula is C20H32SSn. The van der Waals surface area contributed by atoms with Crippen LogP contribution in [0.2, 0.25) is 0 Å². The minimum Gasteiger partial charge on any atom is -0.134 e. The van der Waals surface area contributed by atoms with Crippen molar-refractivity contribution in [1.29, 1.82) is 0 Å². The summed E-state index contributed by atoms with van der Waals surface area (Å²) in [7, 11) is 0. The van der Waals surface area contributed by atoms with Crippen molar-refractivity contribution in [2.75, 3.05) is 0 Å². The van der Waals surface area contributed by atoms with Crippen molar-refractivity contribution in [3.05, 3.63) is 56.5 Å². The summed E-state index contributed by atoms with van der Waals surface area (Å²) in [6, 6.07) is 10.3. The zero-order valence-corrected chi connectivity index (χ0v) is 18.3. The molecule has 2 heteroatoms. The molecule has 0 nitrogen and oxygen atoms in total. The first-order chi connectivity index (χ1) is 10.2. The molecule has 0 amide bonds. The summed E-state index contributed by atoms with van der Waals surface area (Å²) in [5.74, 6) is 0. The van der Waals surface area contributed by atoms with E-state index in [4.69, 9.17) is 0 Å². The minimum absolute atomic E-state index is 0. The quantitative estimate of drug-likeness (QED) is 0.459. The van der Waals surface area contributed by atoms with Gasteiger partial charge >= 0.3 is 0 Å². The van der Waals surface area contributed by atoms with E-state index in [0.29, 0.717) is 0 Å². The fraction of sp³-hybridized carbons (Fsp3) is 0.450. The molecule has 2 aromatic rings. The molecule has 122 valence electrons. The number of hydrogen-bond acceptors (Lipinski definition) is 1. The van der Waals surface area contributed by atoms with Crippen molar-refractivity contribution in [1.82, 2.24) is 0 Å². The summed E-state index contributed by atoms with van der Waals surface area (Å²) < 4.78 is 1.32. The Labute approximate surface area is 160 Å². The Bertz CT molecular complexity index is 350. The summed E-state index contributed by atoms with van der Waals surface area (Å²) in [5, 5.41) is 4.37. The molecule has 0 atom stereocenters. The molecule has 0 aliphatic carbocycles. The number of hydrogen-bond donors (Lipinski definition) is 0. The molecule has 0 bridgehead atoms. The molecule has 22 heavy (non-hydrogen) atoms. The van der Waals surface area contributed by atoms with E-state index in [0.717, 1.165) is 19.3 Å². The van der Waals surface area contributed by atoms with Crippen LogP contribution in [-0.2, 0) is 0 Å². The van der Waals surface area contributed by atoms with Gasteiger partial charge in [-0.2, -0.15) is 0 Å². The number of thiophene rings is 1. The van der Waals surface area contributed by atoms with Gasteiger partial charge in [-0.1, -0.05) is 98.3 Å². The summed E-state index contributed by atoms with van der Waals surface area (Å²) in [6.45, 7) is 17.2. The standard InChI is InChI=1S/C8H5S.3C4H9.Sn/c1-2-4-8-7(3-1)5-6-9-8;3*1-3-4-2;/h1-5H;3*1,3-4H2,2H3;. The molecule has 1 heterocycles. The monoisotopic (exact) mass is 424 g/mol. The molecule has 1 aromatic carbocycles. The van der Waals surface area contributed by atoms with E-state index >= 15 is 0 Å². The second kappa shape index (κ2) is 23.2. The Hall–Kier alpha value is -0.0213. The van der Waals surface area contributed by atoms with Crippen LogP contribution in [0.15, 0.2) is 30.3 Å². The van der Waals surface area contributed by atoms with Crippen LogP contribution in [0.4, 0.5) is 0 Å². The molecule has 2 rings (SSSR count). The van der Waals surface area contributed by atoms with Crippen LogP contribution in [0, 0.1) is 26.2 Å². The summed E-state index contributed by atoms with van der Waals surface area (Å²) in [6.07, 6.45) is 6.83. The molecular weight excluding hydrogens is 391 g/mol. The normalized spacial score (nSPS) is 8.27. The predicted molar refractivity (Wildman–Crippen MR) is 107 cm³/mol. The average molecular weight is 423 g/mol. The third-order valence-electron chi connectivity index (χ3n) is 2.36. The van der Waals surface area contributed by atoms with Gasteiger partial charge in [0.05, 0.1) is 0 Å². The largest absolute Gasteiger partial charge is 0.134 e. The van der Waals surface area contributed by atoms with Crippen LogP contribution in [0.5, 0.6) is 0 Å². The Morgan fingerprint density at radius 2 is 1.27 bits per heavy atom. The van der Waals surface area contributed by atoms with E-state index < -0.39 is 0 Å². The van der Waals surface area contributed by atoms with Gasteiger partial charge in [-0.25, -0.2) is 0 Å². The van der Waals surface area contributed by atoms with E-state index in [-0.39, 0.29) is 23.9 Å². The fourth-order valence-corrected chi connectivity index (χ4v) is 1.55. The van der Waals surface area contributed by atoms with Gasteiger partial charge in [-0.05, 0) is 17.5 Å². The summed E-state index contributed by atoms with van der Waals surface area (Å²) in [5.41, 5.74) is 0. The van der Waals surface area contributed by atoms with Crippen LogP contribution >= 0.6 is 11.3 Å². The SMILES string of the molecule is [CH2]CCC.[CH2]CCC.[CH2]CCC.[Sn].[c]1cc2ccccc2s1. The smallest absolute Gasteiger partial charge is 0.0455 e. The molecule has 0 aliphatic rings. The predicted octanol–water partition coefficient (Wildman–Crippen LogP) is 7.18. The second-order valence-electron chi connectivity index (χ2n) is 4.46. The third kappa shape index (κ3) is 18.0. The first-order valence-corrected chi connectivity index (χ1v) is 8.75. The van der Waals surface area contributed by atoms with Crippen molar-refractivity contribution >= 4 is 45.3 Å². The van der Waals surface area contributed by atoms with Crippen molar-refractivity contribution < 1.29 is 0 Å². The molecule has 0 saturated heterocycles. The maximum absolute atomic E-state index is 3.60. The van der Waals surface area contributed by atoms with Crippen LogP contribution in [0.25, 0.3) is 10.1 Å². The number of benzene rings is 1. The van der Waals surface area contributed by atoms with Crippen LogP contribution in [0.3, 0.4) is 0 Å². The van der Waals surface area contributed by atoms with Gasteiger partial charge in [0.1, 0.15) is 0 Å². The maximum Gasteiger partial charge on any atom is 0.0455 e. The molecule has 8 radical (unpaired) electrons. The van der Waals surface area contributed by atoms with E-state index in [2.05, 4.69) is 59.1 Å². The molecule has 0 aliphatic heterocycles. The van der Waals surface area contributed by atoms with Gasteiger partial charge in [0.15, 0.2) is 0 Å². The topological polar surface area (TPSA) is 0 Å². The Morgan fingerprint density at radius 1 is 0.864 bits per heavy atom. The van der Waals surface area contributed by atoms with Gasteiger partial charge in [0, 0.05) is 34.0 Å². The zero-order chi connectivity index (χ0) is 16.3. The molecule has 0 spiro atoms. The first-order valence-electron chi connectivity index (χ1n) is 7.93. The fourth-order valence-electron chi connectivity index (χ4n) is 0.849. The van der Waals surface area contributed by atoms with Crippen molar-refractivity contribution in [3.63, 3.8) is 0 Å². The molecule has 0 unspecified atom stereocenters. The summed E-state index contributed by atoms with van der Waals surface area (Å²) >= 11 is 1.66. The second-order valence-corrected chi connectivity index (χ2v) is 5.34. The Morgan fingerprint density at radius 3 is 1.64 bits per heavy atom. The van der Waals surface area contributed by atoms with Gasteiger partial charge in [0.25, 0.3) is 0 Å². The van der Waals surface area contributed by atoms with E-state index in [1.54, 1.807) is 11.3 Å². The molecule has 0 fully saturated rings. The van der Waals surface area contributed by atoms with E-state index in [1.807, 2.05) is 18.2 Å². The zero-order valence-electron chi connectivity index (χ0n) is 14.7.